The predicted octanol–water partition coefficient (Wildman–Crippen LogP) is 2.22. The molecule has 4 heterocycles. The fraction of sp³-hybridized carbons (Fsp3) is 0.429. The van der Waals surface area contributed by atoms with E-state index in [2.05, 4.69) is 42.1 Å². The van der Waals surface area contributed by atoms with Gasteiger partial charge in [0.25, 0.3) is 0 Å². The molecule has 0 saturated carbocycles. The van der Waals surface area contributed by atoms with E-state index >= 15 is 0 Å². The summed E-state index contributed by atoms with van der Waals surface area (Å²) in [7, 11) is 0. The van der Waals surface area contributed by atoms with Crippen LogP contribution in [0.4, 0.5) is 11.5 Å². The number of aryl methyl sites for hydroxylation is 1. The minimum atomic E-state index is 0.0657. The van der Waals surface area contributed by atoms with Crippen molar-refractivity contribution in [2.45, 2.75) is 19.4 Å². The Labute approximate surface area is 169 Å². The maximum Gasteiger partial charge on any atom is 0.224 e. The SMILES string of the molecule is Cc1ccc(N2CCN(c3ccc4ncnc(OC5CCOC5)c4c3)CC2)nn1. The number of nitrogens with zero attached hydrogens (tertiary/aromatic N) is 6. The highest BCUT2D eigenvalue weighted by Gasteiger charge is 2.21. The summed E-state index contributed by atoms with van der Waals surface area (Å²) in [6.45, 7) is 6.97. The lowest BCUT2D eigenvalue weighted by atomic mass is 10.2. The van der Waals surface area contributed by atoms with Crippen LogP contribution in [0.25, 0.3) is 10.9 Å². The number of rotatable bonds is 4. The van der Waals surface area contributed by atoms with E-state index in [0.29, 0.717) is 12.5 Å². The van der Waals surface area contributed by atoms with E-state index < -0.39 is 0 Å². The van der Waals surface area contributed by atoms with Crippen LogP contribution < -0.4 is 14.5 Å². The van der Waals surface area contributed by atoms with Crippen molar-refractivity contribution < 1.29 is 9.47 Å². The number of ether oxygens (including phenoxy) is 2. The zero-order valence-corrected chi connectivity index (χ0v) is 16.5. The molecule has 29 heavy (non-hydrogen) atoms. The van der Waals surface area contributed by atoms with Gasteiger partial charge in [0.2, 0.25) is 5.88 Å². The maximum absolute atomic E-state index is 6.10. The summed E-state index contributed by atoms with van der Waals surface area (Å²) in [6.07, 6.45) is 2.53. The molecule has 0 N–H and O–H groups in total. The normalized spacial score (nSPS) is 19.7. The van der Waals surface area contributed by atoms with Crippen molar-refractivity contribution in [2.24, 2.45) is 0 Å². The van der Waals surface area contributed by atoms with Gasteiger partial charge in [-0.1, -0.05) is 0 Å². The molecule has 8 nitrogen and oxygen atoms in total. The molecule has 150 valence electrons. The zero-order chi connectivity index (χ0) is 19.6. The fourth-order valence-electron chi connectivity index (χ4n) is 3.83. The fourth-order valence-corrected chi connectivity index (χ4v) is 3.83. The second-order valence-electron chi connectivity index (χ2n) is 7.49. The molecular formula is C21H24N6O2. The molecule has 2 aliphatic rings. The summed E-state index contributed by atoms with van der Waals surface area (Å²) in [5.41, 5.74) is 2.99. The molecule has 2 aromatic heterocycles. The number of anilines is 2. The number of hydrogen-bond acceptors (Lipinski definition) is 8. The van der Waals surface area contributed by atoms with E-state index in [1.165, 1.54) is 0 Å². The van der Waals surface area contributed by atoms with Crippen LogP contribution in [0.5, 0.6) is 5.88 Å². The highest BCUT2D eigenvalue weighted by Crippen LogP contribution is 2.29. The van der Waals surface area contributed by atoms with E-state index in [1.807, 2.05) is 25.1 Å². The molecule has 1 atom stereocenters. The number of piperazine rings is 1. The highest BCUT2D eigenvalue weighted by molar-refractivity contribution is 5.86. The van der Waals surface area contributed by atoms with E-state index in [-0.39, 0.29) is 6.10 Å². The molecule has 1 aromatic carbocycles. The van der Waals surface area contributed by atoms with Gasteiger partial charge in [0.1, 0.15) is 12.4 Å². The lowest BCUT2D eigenvalue weighted by Gasteiger charge is -2.36. The van der Waals surface area contributed by atoms with Crippen molar-refractivity contribution in [1.82, 2.24) is 20.2 Å². The van der Waals surface area contributed by atoms with Gasteiger partial charge in [-0.15, -0.1) is 5.10 Å². The Hall–Kier alpha value is -3.00. The number of hydrogen-bond donors (Lipinski definition) is 0. The van der Waals surface area contributed by atoms with E-state index in [1.54, 1.807) is 6.33 Å². The molecule has 0 spiro atoms. The molecule has 2 saturated heterocycles. The van der Waals surface area contributed by atoms with E-state index in [0.717, 1.165) is 67.3 Å². The second-order valence-corrected chi connectivity index (χ2v) is 7.49. The monoisotopic (exact) mass is 392 g/mol. The Morgan fingerprint density at radius 3 is 2.62 bits per heavy atom. The summed E-state index contributed by atoms with van der Waals surface area (Å²) >= 11 is 0. The molecule has 0 aliphatic carbocycles. The van der Waals surface area contributed by atoms with Crippen molar-refractivity contribution in [3.63, 3.8) is 0 Å². The Bertz CT molecular complexity index is 982. The summed E-state index contributed by atoms with van der Waals surface area (Å²) in [6, 6.07) is 10.4. The molecule has 1 unspecified atom stereocenters. The summed E-state index contributed by atoms with van der Waals surface area (Å²) < 4.78 is 11.5. The average Bonchev–Trinajstić information content (AvgIpc) is 3.28. The summed E-state index contributed by atoms with van der Waals surface area (Å²) in [5, 5.41) is 9.44. The van der Waals surface area contributed by atoms with Crippen LogP contribution in [0.3, 0.4) is 0 Å². The smallest absolute Gasteiger partial charge is 0.224 e. The van der Waals surface area contributed by atoms with Gasteiger partial charge in [-0.3, -0.25) is 0 Å². The van der Waals surface area contributed by atoms with Crippen LogP contribution in [0.1, 0.15) is 12.1 Å². The van der Waals surface area contributed by atoms with Crippen molar-refractivity contribution in [2.75, 3.05) is 49.2 Å². The van der Waals surface area contributed by atoms with Crippen molar-refractivity contribution in [1.29, 1.82) is 0 Å². The third-order valence-electron chi connectivity index (χ3n) is 5.50. The summed E-state index contributed by atoms with van der Waals surface area (Å²) in [4.78, 5) is 13.4. The first kappa shape index (κ1) is 18.1. The van der Waals surface area contributed by atoms with Gasteiger partial charge in [-0.25, -0.2) is 9.97 Å². The standard InChI is InChI=1S/C21H24N6O2/c1-15-2-5-20(25-24-15)27-9-7-26(8-10-27)16-3-4-19-18(12-16)21(23-14-22-19)29-17-6-11-28-13-17/h2-5,12,14,17H,6-11,13H2,1H3. The number of aromatic nitrogens is 4. The summed E-state index contributed by atoms with van der Waals surface area (Å²) in [5.74, 6) is 1.58. The quantitative estimate of drug-likeness (QED) is 0.669. The van der Waals surface area contributed by atoms with Crippen LogP contribution in [0, 0.1) is 6.92 Å². The molecule has 2 aliphatic heterocycles. The molecule has 5 rings (SSSR count). The molecule has 8 heteroatoms. The highest BCUT2D eigenvalue weighted by atomic mass is 16.5. The molecule has 0 radical (unpaired) electrons. The van der Waals surface area contributed by atoms with Crippen LogP contribution >= 0.6 is 0 Å². The average molecular weight is 392 g/mol. The van der Waals surface area contributed by atoms with Crippen molar-refractivity contribution in [3.05, 3.63) is 42.4 Å². The Morgan fingerprint density at radius 2 is 1.86 bits per heavy atom. The van der Waals surface area contributed by atoms with Gasteiger partial charge in [0.15, 0.2) is 5.82 Å². The lowest BCUT2D eigenvalue weighted by Crippen LogP contribution is -2.46. The van der Waals surface area contributed by atoms with Crippen LogP contribution in [0.15, 0.2) is 36.7 Å². The first-order valence-corrected chi connectivity index (χ1v) is 10.1. The molecular weight excluding hydrogens is 368 g/mol. The Morgan fingerprint density at radius 1 is 1.00 bits per heavy atom. The molecule has 3 aromatic rings. The minimum Gasteiger partial charge on any atom is -0.471 e. The third-order valence-corrected chi connectivity index (χ3v) is 5.50. The van der Waals surface area contributed by atoms with Gasteiger partial charge in [0.05, 0.1) is 29.8 Å². The van der Waals surface area contributed by atoms with E-state index in [9.17, 15) is 0 Å². The first-order chi connectivity index (χ1) is 14.3. The molecule has 0 bridgehead atoms. The Balaban J connectivity index is 1.33. The van der Waals surface area contributed by atoms with Crippen molar-refractivity contribution in [3.8, 4) is 5.88 Å². The van der Waals surface area contributed by atoms with Gasteiger partial charge in [-0.05, 0) is 37.3 Å². The van der Waals surface area contributed by atoms with Gasteiger partial charge >= 0.3 is 0 Å². The van der Waals surface area contributed by atoms with Crippen LogP contribution in [-0.2, 0) is 4.74 Å². The van der Waals surface area contributed by atoms with Crippen LogP contribution in [0.2, 0.25) is 0 Å². The van der Waals surface area contributed by atoms with Gasteiger partial charge in [-0.2, -0.15) is 5.10 Å². The van der Waals surface area contributed by atoms with E-state index in [4.69, 9.17) is 9.47 Å². The lowest BCUT2D eigenvalue weighted by molar-refractivity contribution is 0.139. The molecule has 2 fully saturated rings. The number of fused-ring (bicyclic) bond motifs is 1. The maximum atomic E-state index is 6.10. The third kappa shape index (κ3) is 3.80. The molecule has 0 amide bonds. The van der Waals surface area contributed by atoms with Crippen LogP contribution in [-0.4, -0.2) is 65.7 Å². The predicted molar refractivity (Wildman–Crippen MR) is 111 cm³/mol. The topological polar surface area (TPSA) is 76.5 Å². The largest absolute Gasteiger partial charge is 0.471 e. The minimum absolute atomic E-state index is 0.0657. The zero-order valence-electron chi connectivity index (χ0n) is 16.5. The first-order valence-electron chi connectivity index (χ1n) is 10.1. The van der Waals surface area contributed by atoms with Crippen molar-refractivity contribution >= 4 is 22.4 Å². The van der Waals surface area contributed by atoms with Gasteiger partial charge in [0, 0.05) is 38.3 Å². The number of benzene rings is 1. The second kappa shape index (κ2) is 7.79. The Kier molecular flexibility index (Phi) is 4.85. The van der Waals surface area contributed by atoms with Gasteiger partial charge < -0.3 is 19.3 Å².